The summed E-state index contributed by atoms with van der Waals surface area (Å²) in [6.45, 7) is 9.97. The molecule has 3 nitrogen and oxygen atoms in total. The van der Waals surface area contributed by atoms with Gasteiger partial charge in [0.15, 0.2) is 5.69 Å². The Balaban J connectivity index is 1.02. The summed E-state index contributed by atoms with van der Waals surface area (Å²) >= 11 is 0. The largest absolute Gasteiger partial charge is 0.309 e. The van der Waals surface area contributed by atoms with E-state index in [2.05, 4.69) is 368 Å². The fourth-order valence-corrected chi connectivity index (χ4v) is 21.3. The normalized spacial score (nSPS) is 15.7. The van der Waals surface area contributed by atoms with Crippen molar-refractivity contribution in [3.05, 3.63) is 464 Å². The lowest BCUT2D eigenvalue weighted by Gasteiger charge is -2.50. The molecule has 3 heteroatoms. The van der Waals surface area contributed by atoms with Crippen LogP contribution in [-0.4, -0.2) is 4.40 Å². The van der Waals surface area contributed by atoms with Gasteiger partial charge in [-0.05, 0) is 172 Å². The molecular weight excluding hydrogens is 1260 g/mol. The van der Waals surface area contributed by atoms with Gasteiger partial charge in [-0.15, -0.1) is 0 Å². The first kappa shape index (κ1) is 59.9. The summed E-state index contributed by atoms with van der Waals surface area (Å²) in [5.41, 5.74) is 26.5. The van der Waals surface area contributed by atoms with Crippen molar-refractivity contribution in [1.29, 1.82) is 5.26 Å². The first-order valence-corrected chi connectivity index (χ1v) is 36.6. The second-order valence-corrected chi connectivity index (χ2v) is 29.3. The minimum Gasteiger partial charge on any atom is -0.309 e. The molecular formula is C101H67N3. The lowest BCUT2D eigenvalue weighted by molar-refractivity contribution is 0.409. The van der Waals surface area contributed by atoms with E-state index >= 15 is 0 Å². The summed E-state index contributed by atoms with van der Waals surface area (Å²) < 4.78 is 2.53. The smallest absolute Gasteiger partial charge is 0.194 e. The highest BCUT2D eigenvalue weighted by molar-refractivity contribution is 6.28. The molecule has 486 valence electrons. The van der Waals surface area contributed by atoms with E-state index in [4.69, 9.17) is 4.85 Å². The molecule has 0 saturated heterocycles. The van der Waals surface area contributed by atoms with Crippen LogP contribution in [0.5, 0.6) is 0 Å². The number of nitrogens with zero attached hydrogens (tertiary/aromatic N) is 3. The van der Waals surface area contributed by atoms with Crippen molar-refractivity contribution < 1.29 is 0 Å². The zero-order chi connectivity index (χ0) is 68.9. The maximum atomic E-state index is 12.7. The monoisotopic (exact) mass is 1320 g/mol. The SMILES string of the molecule is [C-]#[N+]c1cc2c(c3c1C(c1ccccc1)(c1ccccc1)CCC3(c1ccccc1)c1ccccc1)c1cc(-c3cccc4c3-c3ccccc3C43c4ccccc4-c4ccccc43)cc3c4c5c(c(C#N)cc4n2c31)C(c1ccccc1)(c1ccccc1)CCC5(c1ccccc1)c1ccccc1. The van der Waals surface area contributed by atoms with Crippen LogP contribution in [0.4, 0.5) is 5.69 Å². The van der Waals surface area contributed by atoms with Crippen molar-refractivity contribution in [2.75, 3.05) is 0 Å². The second-order valence-electron chi connectivity index (χ2n) is 29.3. The summed E-state index contributed by atoms with van der Waals surface area (Å²) in [7, 11) is 0. The van der Waals surface area contributed by atoms with Gasteiger partial charge in [0.25, 0.3) is 0 Å². The van der Waals surface area contributed by atoms with Crippen molar-refractivity contribution in [3.63, 3.8) is 0 Å². The molecule has 0 unspecified atom stereocenters. The highest BCUT2D eigenvalue weighted by Gasteiger charge is 2.57. The molecule has 17 aromatic rings. The average Bonchev–Trinajstić information content (AvgIpc) is 1.26. The molecule has 1 spiro atoms. The summed E-state index contributed by atoms with van der Waals surface area (Å²) in [4.78, 5) is 4.92. The summed E-state index contributed by atoms with van der Waals surface area (Å²) in [6.07, 6.45) is 2.88. The van der Waals surface area contributed by atoms with Crippen LogP contribution in [-0.2, 0) is 27.1 Å². The van der Waals surface area contributed by atoms with Gasteiger partial charge in [0.1, 0.15) is 0 Å². The van der Waals surface area contributed by atoms with E-state index in [0.717, 1.165) is 113 Å². The fourth-order valence-electron chi connectivity index (χ4n) is 21.3. The number of hydrogen-bond acceptors (Lipinski definition) is 1. The Hall–Kier alpha value is -12.9. The van der Waals surface area contributed by atoms with E-state index < -0.39 is 27.1 Å². The van der Waals surface area contributed by atoms with Crippen molar-refractivity contribution in [2.45, 2.75) is 52.8 Å². The van der Waals surface area contributed by atoms with E-state index in [1.807, 2.05) is 0 Å². The summed E-state index contributed by atoms with van der Waals surface area (Å²) in [5.74, 6) is 0. The van der Waals surface area contributed by atoms with Crippen molar-refractivity contribution in [1.82, 2.24) is 4.40 Å². The Bertz CT molecular complexity index is 5910. The average molecular weight is 1320 g/mol. The predicted octanol–water partition coefficient (Wildman–Crippen LogP) is 24.2. The molecule has 104 heavy (non-hydrogen) atoms. The van der Waals surface area contributed by atoms with E-state index in [0.29, 0.717) is 17.7 Å². The molecule has 21 rings (SSSR count). The predicted molar refractivity (Wildman–Crippen MR) is 423 cm³/mol. The number of benzene rings is 15. The van der Waals surface area contributed by atoms with Crippen LogP contribution in [0.3, 0.4) is 0 Å². The molecule has 2 heterocycles. The van der Waals surface area contributed by atoms with Gasteiger partial charge in [0.05, 0.1) is 34.7 Å². The Labute approximate surface area is 605 Å². The molecule has 4 aliphatic carbocycles. The molecule has 0 atom stereocenters. The number of hydrogen-bond donors (Lipinski definition) is 0. The van der Waals surface area contributed by atoms with E-state index in [1.165, 1.54) is 66.8 Å². The molecule has 0 saturated carbocycles. The van der Waals surface area contributed by atoms with Crippen LogP contribution in [0.25, 0.3) is 76.3 Å². The standard InChI is InChI=1S/C101H67N3/c1-103-86-64-88-91(95-93(86)98(70-37-14-4-15-38-70,71-39-16-5-17-40-71)58-60-100(95,74-45-22-8-23-46-74)75-47-24-9-25-48-75)81-62-66(76-52-32-56-85-89(76)79-51-28-31-55-84(79)101(85)82-53-29-26-49-77(82)78-50-27-30-54-83(78)101)61-80-90-87(104(88)96(80)81)63-67(65-102)92-94(90)99(72-41-18-6-19-42-72,73-43-20-7-21-44-73)59-57-97(92,68-33-10-2-11-34-68)69-35-12-3-13-36-69/h2-56,61-64H,57-60H2. The number of nitriles is 1. The van der Waals surface area contributed by atoms with E-state index in [-0.39, 0.29) is 0 Å². The van der Waals surface area contributed by atoms with Gasteiger partial charge >= 0.3 is 0 Å². The highest BCUT2D eigenvalue weighted by atomic mass is 14.9. The fraction of sp³-hybridized carbons (Fsp3) is 0.0891. The van der Waals surface area contributed by atoms with Gasteiger partial charge in [0, 0.05) is 48.7 Å². The van der Waals surface area contributed by atoms with Crippen LogP contribution in [0.15, 0.2) is 358 Å². The summed E-state index contributed by atoms with van der Waals surface area (Å²) in [6, 6.07) is 136. The van der Waals surface area contributed by atoms with Gasteiger partial charge in [0.2, 0.25) is 0 Å². The van der Waals surface area contributed by atoms with Crippen LogP contribution < -0.4 is 0 Å². The van der Waals surface area contributed by atoms with Crippen LogP contribution in [0.2, 0.25) is 0 Å². The van der Waals surface area contributed by atoms with Crippen molar-refractivity contribution >= 4 is 43.8 Å². The maximum absolute atomic E-state index is 12.7. The molecule has 4 aliphatic rings. The summed E-state index contributed by atoms with van der Waals surface area (Å²) in [5, 5.41) is 17.2. The van der Waals surface area contributed by atoms with Gasteiger partial charge in [-0.2, -0.15) is 5.26 Å². The minimum absolute atomic E-state index is 0.590. The molecule has 0 radical (unpaired) electrons. The van der Waals surface area contributed by atoms with Crippen LogP contribution in [0.1, 0.15) is 120 Å². The van der Waals surface area contributed by atoms with Gasteiger partial charge in [-0.25, -0.2) is 4.85 Å². The number of rotatable bonds is 9. The highest BCUT2D eigenvalue weighted by Crippen LogP contribution is 2.68. The van der Waals surface area contributed by atoms with Crippen LogP contribution in [0, 0.1) is 17.9 Å². The van der Waals surface area contributed by atoms with Crippen LogP contribution >= 0.6 is 0 Å². The number of fused-ring (bicyclic) bond motifs is 20. The molecule has 0 amide bonds. The molecule has 0 N–H and O–H groups in total. The van der Waals surface area contributed by atoms with Crippen molar-refractivity contribution in [3.8, 4) is 39.4 Å². The zero-order valence-corrected chi connectivity index (χ0v) is 57.2. The third kappa shape index (κ3) is 7.67. The van der Waals surface area contributed by atoms with Gasteiger partial charge < -0.3 is 4.40 Å². The third-order valence-corrected chi connectivity index (χ3v) is 25.1. The quantitative estimate of drug-likeness (QED) is 0.133. The lowest BCUT2D eigenvalue weighted by Crippen LogP contribution is -2.44. The van der Waals surface area contributed by atoms with Crippen molar-refractivity contribution in [2.24, 2.45) is 0 Å². The lowest BCUT2D eigenvalue weighted by atomic mass is 9.51. The van der Waals surface area contributed by atoms with E-state index in [1.54, 1.807) is 0 Å². The Morgan fingerprint density at radius 2 is 0.615 bits per heavy atom. The zero-order valence-electron chi connectivity index (χ0n) is 57.2. The van der Waals surface area contributed by atoms with Gasteiger partial charge in [-0.3, -0.25) is 0 Å². The molecule has 0 fully saturated rings. The number of aromatic nitrogens is 1. The third-order valence-electron chi connectivity index (χ3n) is 25.1. The first-order valence-electron chi connectivity index (χ1n) is 36.6. The van der Waals surface area contributed by atoms with E-state index in [9.17, 15) is 11.8 Å². The second kappa shape index (κ2) is 22.5. The first-order chi connectivity index (χ1) is 51.5. The Morgan fingerprint density at radius 1 is 0.308 bits per heavy atom. The molecule has 2 aromatic heterocycles. The molecule has 0 aliphatic heterocycles. The Morgan fingerprint density at radius 3 is 1.00 bits per heavy atom. The molecule has 0 bridgehead atoms. The van der Waals surface area contributed by atoms with Gasteiger partial charge in [-0.1, -0.05) is 334 Å². The Kier molecular flexibility index (Phi) is 13.0. The minimum atomic E-state index is -0.797. The molecule has 15 aromatic carbocycles. The maximum Gasteiger partial charge on any atom is 0.194 e. The topological polar surface area (TPSA) is 32.6 Å².